The number of aryl methyl sites for hydroxylation is 1. The van der Waals surface area contributed by atoms with Crippen molar-refractivity contribution in [3.8, 4) is 0 Å². The van der Waals surface area contributed by atoms with Gasteiger partial charge in [0.2, 0.25) is 0 Å². The molecule has 0 atom stereocenters. The molecule has 0 amide bonds. The molecule has 8 heteroatoms. The van der Waals surface area contributed by atoms with E-state index in [1.54, 1.807) is 0 Å². The van der Waals surface area contributed by atoms with Crippen LogP contribution in [0.1, 0.15) is 36.5 Å². The Labute approximate surface area is 202 Å². The zero-order valence-corrected chi connectivity index (χ0v) is 21.5. The van der Waals surface area contributed by atoms with Crippen molar-refractivity contribution in [1.82, 2.24) is 25.0 Å². The van der Waals surface area contributed by atoms with Gasteiger partial charge in [-0.15, -0.1) is 34.2 Å². The van der Waals surface area contributed by atoms with Crippen LogP contribution in [0, 0.1) is 12.8 Å². The molecule has 1 aliphatic rings. The summed E-state index contributed by atoms with van der Waals surface area (Å²) in [6, 6.07) is 10.9. The summed E-state index contributed by atoms with van der Waals surface area (Å²) >= 11 is 1.89. The second-order valence-corrected chi connectivity index (χ2v) is 8.74. The number of halogens is 1. The summed E-state index contributed by atoms with van der Waals surface area (Å²) in [4.78, 5) is 7.32. The molecule has 3 rings (SSSR count). The Morgan fingerprint density at radius 1 is 1.20 bits per heavy atom. The van der Waals surface area contributed by atoms with Crippen LogP contribution < -0.4 is 5.32 Å². The fourth-order valence-electron chi connectivity index (χ4n) is 3.72. The van der Waals surface area contributed by atoms with Crippen LogP contribution in [0.4, 0.5) is 0 Å². The van der Waals surface area contributed by atoms with Crippen molar-refractivity contribution < 1.29 is 0 Å². The average molecular weight is 543 g/mol. The summed E-state index contributed by atoms with van der Waals surface area (Å²) in [6.45, 7) is 5.61. The van der Waals surface area contributed by atoms with Gasteiger partial charge < -0.3 is 14.8 Å². The van der Waals surface area contributed by atoms with Crippen LogP contribution >= 0.6 is 35.7 Å². The molecule has 1 saturated heterocycles. The minimum atomic E-state index is 0. The number of hydrogen-bond donors (Lipinski definition) is 1. The number of aliphatic imine (C=N–C) groups is 1. The predicted octanol–water partition coefficient (Wildman–Crippen LogP) is 3.89. The highest BCUT2D eigenvalue weighted by molar-refractivity contribution is 14.0. The lowest BCUT2D eigenvalue weighted by molar-refractivity contribution is 0.258. The van der Waals surface area contributed by atoms with Crippen molar-refractivity contribution in [2.45, 2.75) is 39.2 Å². The van der Waals surface area contributed by atoms with E-state index in [0.717, 1.165) is 49.6 Å². The van der Waals surface area contributed by atoms with E-state index in [1.807, 2.05) is 30.3 Å². The number of nitrogens with zero attached hydrogens (tertiary/aromatic N) is 5. The first-order valence-corrected chi connectivity index (χ1v) is 12.0. The van der Waals surface area contributed by atoms with Gasteiger partial charge in [-0.3, -0.25) is 0 Å². The van der Waals surface area contributed by atoms with E-state index in [9.17, 15) is 0 Å². The van der Waals surface area contributed by atoms with Crippen molar-refractivity contribution in [1.29, 1.82) is 0 Å². The monoisotopic (exact) mass is 542 g/mol. The third-order valence-corrected chi connectivity index (χ3v) is 6.34. The van der Waals surface area contributed by atoms with Gasteiger partial charge in [0.05, 0.1) is 0 Å². The molecular weight excluding hydrogens is 507 g/mol. The second-order valence-electron chi connectivity index (χ2n) is 7.76. The highest BCUT2D eigenvalue weighted by atomic mass is 127. The molecule has 2 heterocycles. The van der Waals surface area contributed by atoms with Crippen molar-refractivity contribution >= 4 is 41.7 Å². The lowest BCUT2D eigenvalue weighted by Crippen LogP contribution is -2.46. The van der Waals surface area contributed by atoms with Gasteiger partial charge in [0.15, 0.2) is 11.8 Å². The predicted molar refractivity (Wildman–Crippen MR) is 138 cm³/mol. The van der Waals surface area contributed by atoms with Crippen LogP contribution in [-0.4, -0.2) is 57.3 Å². The first-order chi connectivity index (χ1) is 14.2. The first-order valence-electron chi connectivity index (χ1n) is 10.6. The summed E-state index contributed by atoms with van der Waals surface area (Å²) in [7, 11) is 2.00. The lowest BCUT2D eigenvalue weighted by Gasteiger charge is -2.34. The van der Waals surface area contributed by atoms with Crippen LogP contribution in [0.15, 0.2) is 35.3 Å². The van der Waals surface area contributed by atoms with Crippen LogP contribution in [0.25, 0.3) is 0 Å². The maximum absolute atomic E-state index is 4.90. The van der Waals surface area contributed by atoms with Gasteiger partial charge in [0.25, 0.3) is 0 Å². The molecule has 30 heavy (non-hydrogen) atoms. The quantitative estimate of drug-likeness (QED) is 0.238. The Hall–Kier alpha value is -1.29. The lowest BCUT2D eigenvalue weighted by atomic mass is 9.90. The second kappa shape index (κ2) is 13.2. The van der Waals surface area contributed by atoms with Crippen LogP contribution in [-0.2, 0) is 20.0 Å². The number of likely N-dealkylation sites (tertiary alicyclic amines) is 1. The normalized spacial score (nSPS) is 15.2. The van der Waals surface area contributed by atoms with Crippen molar-refractivity contribution in [3.63, 3.8) is 0 Å². The highest BCUT2D eigenvalue weighted by Crippen LogP contribution is 2.21. The van der Waals surface area contributed by atoms with E-state index in [0.29, 0.717) is 6.54 Å². The minimum absolute atomic E-state index is 0. The van der Waals surface area contributed by atoms with E-state index < -0.39 is 0 Å². The van der Waals surface area contributed by atoms with Gasteiger partial charge in [-0.2, -0.15) is 11.8 Å². The summed E-state index contributed by atoms with van der Waals surface area (Å²) in [5.41, 5.74) is 1.45. The van der Waals surface area contributed by atoms with Crippen LogP contribution in [0.2, 0.25) is 0 Å². The zero-order chi connectivity index (χ0) is 20.5. The molecule has 166 valence electrons. The molecule has 1 aromatic heterocycles. The zero-order valence-electron chi connectivity index (χ0n) is 18.4. The molecule has 1 fully saturated rings. The largest absolute Gasteiger partial charge is 0.356 e. The standard InChI is InChI=1S/C22H34N6S.HI/c1-18-25-26-21(27(18)2)17-24-22(23-12-7-15-29-3)28-13-10-20(11-14-28)16-19-8-5-4-6-9-19;/h4-6,8-9,20H,7,10-17H2,1-3H3,(H,23,24);1H. The Morgan fingerprint density at radius 3 is 2.57 bits per heavy atom. The smallest absolute Gasteiger partial charge is 0.194 e. The third-order valence-electron chi connectivity index (χ3n) is 5.64. The van der Waals surface area contributed by atoms with Gasteiger partial charge in [-0.25, -0.2) is 4.99 Å². The molecule has 0 aliphatic carbocycles. The number of thioether (sulfide) groups is 1. The van der Waals surface area contributed by atoms with Gasteiger partial charge in [0, 0.05) is 26.7 Å². The Kier molecular flexibility index (Phi) is 11.0. The van der Waals surface area contributed by atoms with E-state index in [2.05, 4.69) is 57.0 Å². The van der Waals surface area contributed by atoms with E-state index in [-0.39, 0.29) is 24.0 Å². The summed E-state index contributed by atoms with van der Waals surface area (Å²) < 4.78 is 2.01. The molecule has 0 bridgehead atoms. The molecule has 0 radical (unpaired) electrons. The number of aromatic nitrogens is 3. The summed E-state index contributed by atoms with van der Waals surface area (Å²) in [5, 5.41) is 12.0. The Morgan fingerprint density at radius 2 is 1.93 bits per heavy atom. The first kappa shape index (κ1) is 25.0. The van der Waals surface area contributed by atoms with Gasteiger partial charge >= 0.3 is 0 Å². The molecule has 0 unspecified atom stereocenters. The molecule has 0 spiro atoms. The molecule has 1 N–H and O–H groups in total. The van der Waals surface area contributed by atoms with E-state index in [1.165, 1.54) is 30.6 Å². The number of nitrogens with one attached hydrogen (secondary N) is 1. The third kappa shape index (κ3) is 7.44. The number of piperidine rings is 1. The fraction of sp³-hybridized carbons (Fsp3) is 0.591. The molecule has 6 nitrogen and oxygen atoms in total. The van der Waals surface area contributed by atoms with Crippen LogP contribution in [0.3, 0.4) is 0 Å². The number of benzene rings is 1. The topological polar surface area (TPSA) is 58.3 Å². The molecule has 2 aromatic rings. The van der Waals surface area contributed by atoms with Crippen LogP contribution in [0.5, 0.6) is 0 Å². The Bertz CT molecular complexity index is 771. The van der Waals surface area contributed by atoms with E-state index in [4.69, 9.17) is 4.99 Å². The number of rotatable bonds is 8. The minimum Gasteiger partial charge on any atom is -0.356 e. The highest BCUT2D eigenvalue weighted by Gasteiger charge is 2.22. The molecule has 1 aliphatic heterocycles. The summed E-state index contributed by atoms with van der Waals surface area (Å²) in [6.07, 6.45) is 6.91. The van der Waals surface area contributed by atoms with Crippen molar-refractivity contribution in [3.05, 3.63) is 47.5 Å². The Balaban J connectivity index is 0.00000320. The molecule has 0 saturated carbocycles. The van der Waals surface area contributed by atoms with Crippen molar-refractivity contribution in [2.75, 3.05) is 31.6 Å². The molecular formula is C22H35IN6S. The van der Waals surface area contributed by atoms with Crippen molar-refractivity contribution in [2.24, 2.45) is 18.0 Å². The SMILES string of the molecule is CSCCCNC(=NCc1nnc(C)n1C)N1CCC(Cc2ccccc2)CC1.I. The maximum Gasteiger partial charge on any atom is 0.194 e. The average Bonchev–Trinajstić information content (AvgIpc) is 3.07. The summed E-state index contributed by atoms with van der Waals surface area (Å²) in [5.74, 6) is 4.77. The number of guanidine groups is 1. The van der Waals surface area contributed by atoms with Gasteiger partial charge in [-0.05, 0) is 56.1 Å². The van der Waals surface area contributed by atoms with Gasteiger partial charge in [-0.1, -0.05) is 30.3 Å². The fourth-order valence-corrected chi connectivity index (χ4v) is 4.15. The van der Waals surface area contributed by atoms with E-state index >= 15 is 0 Å². The maximum atomic E-state index is 4.90. The number of hydrogen-bond acceptors (Lipinski definition) is 4. The molecule has 1 aromatic carbocycles. The van der Waals surface area contributed by atoms with Gasteiger partial charge in [0.1, 0.15) is 12.4 Å².